The van der Waals surface area contributed by atoms with Crippen LogP contribution in [0.3, 0.4) is 0 Å². The monoisotopic (exact) mass is 724 g/mol. The van der Waals surface area contributed by atoms with Crippen LogP contribution in [0.5, 0.6) is 0 Å². The molecule has 0 atom stereocenters. The van der Waals surface area contributed by atoms with E-state index in [1.54, 1.807) is 0 Å². The van der Waals surface area contributed by atoms with E-state index in [4.69, 9.17) is 0 Å². The molecular formula is C55H36N2. The molecule has 2 nitrogen and oxygen atoms in total. The zero-order valence-electron chi connectivity index (χ0n) is 31.2. The maximum Gasteiger partial charge on any atom is 0.100 e. The average molecular weight is 725 g/mol. The van der Waals surface area contributed by atoms with Crippen molar-refractivity contribution in [3.63, 3.8) is 0 Å². The molecule has 0 amide bonds. The fourth-order valence-electron chi connectivity index (χ4n) is 8.52. The molecule has 10 aromatic rings. The molecule has 57 heavy (non-hydrogen) atoms. The van der Waals surface area contributed by atoms with Gasteiger partial charge < -0.3 is 4.57 Å². The van der Waals surface area contributed by atoms with E-state index in [9.17, 15) is 5.26 Å². The van der Waals surface area contributed by atoms with Crippen LogP contribution in [0.1, 0.15) is 5.56 Å². The predicted octanol–water partition coefficient (Wildman–Crippen LogP) is 14.7. The van der Waals surface area contributed by atoms with E-state index in [2.05, 4.69) is 217 Å². The lowest BCUT2D eigenvalue weighted by molar-refractivity contribution is 1.18. The van der Waals surface area contributed by atoms with Crippen molar-refractivity contribution in [3.8, 4) is 78.5 Å². The van der Waals surface area contributed by atoms with Gasteiger partial charge in [-0.15, -0.1) is 0 Å². The molecule has 1 heterocycles. The number of nitrogens with zero attached hydrogens (tertiary/aromatic N) is 2. The molecule has 0 fully saturated rings. The van der Waals surface area contributed by atoms with Crippen LogP contribution < -0.4 is 0 Å². The summed E-state index contributed by atoms with van der Waals surface area (Å²) in [6, 6.07) is 79.8. The Morgan fingerprint density at radius 2 is 0.596 bits per heavy atom. The molecule has 0 saturated carbocycles. The first-order valence-corrected chi connectivity index (χ1v) is 19.3. The van der Waals surface area contributed by atoms with Crippen LogP contribution in [0, 0.1) is 11.3 Å². The molecule has 9 aromatic carbocycles. The van der Waals surface area contributed by atoms with Gasteiger partial charge in [-0.2, -0.15) is 5.26 Å². The molecule has 0 aliphatic rings. The number of fused-ring (bicyclic) bond motifs is 3. The summed E-state index contributed by atoms with van der Waals surface area (Å²) in [4.78, 5) is 0. The van der Waals surface area contributed by atoms with Gasteiger partial charge in [-0.05, 0) is 68.8 Å². The molecule has 266 valence electrons. The van der Waals surface area contributed by atoms with E-state index in [1.807, 2.05) is 12.1 Å². The van der Waals surface area contributed by atoms with Crippen molar-refractivity contribution in [1.82, 2.24) is 4.57 Å². The van der Waals surface area contributed by atoms with Crippen LogP contribution in [0.4, 0.5) is 0 Å². The number of hydrogen-bond acceptors (Lipinski definition) is 1. The smallest absolute Gasteiger partial charge is 0.100 e. The SMILES string of the molecule is N#Cc1c(-c2ccccc2)c(-c2ccccc2)c(-n2c3ccc(-c4ccccc4)cc3c3cc(-c4ccccc4)ccc32)c(-c2ccccc2)c1-c1ccccc1. The highest BCUT2D eigenvalue weighted by atomic mass is 15.0. The number of aromatic nitrogens is 1. The zero-order valence-corrected chi connectivity index (χ0v) is 31.2. The third-order valence-electron chi connectivity index (χ3n) is 11.0. The van der Waals surface area contributed by atoms with Crippen molar-refractivity contribution in [2.45, 2.75) is 0 Å². The van der Waals surface area contributed by atoms with Crippen molar-refractivity contribution in [2.75, 3.05) is 0 Å². The van der Waals surface area contributed by atoms with Crippen molar-refractivity contribution >= 4 is 21.8 Å². The number of hydrogen-bond donors (Lipinski definition) is 0. The molecule has 0 bridgehead atoms. The summed E-state index contributed by atoms with van der Waals surface area (Å²) >= 11 is 0. The summed E-state index contributed by atoms with van der Waals surface area (Å²) in [5.74, 6) is 0. The van der Waals surface area contributed by atoms with Crippen LogP contribution in [0.25, 0.3) is 94.3 Å². The normalized spacial score (nSPS) is 11.1. The molecule has 1 aromatic heterocycles. The van der Waals surface area contributed by atoms with Crippen molar-refractivity contribution in [3.05, 3.63) is 224 Å². The lowest BCUT2D eigenvalue weighted by atomic mass is 9.79. The Kier molecular flexibility index (Phi) is 8.60. The largest absolute Gasteiger partial charge is 0.308 e. The fourth-order valence-corrected chi connectivity index (χ4v) is 8.52. The van der Waals surface area contributed by atoms with Gasteiger partial charge in [0.15, 0.2) is 0 Å². The van der Waals surface area contributed by atoms with Gasteiger partial charge in [0.25, 0.3) is 0 Å². The number of benzene rings is 9. The summed E-state index contributed by atoms with van der Waals surface area (Å²) in [5.41, 5.74) is 16.4. The van der Waals surface area contributed by atoms with Crippen LogP contribution in [-0.4, -0.2) is 4.57 Å². The van der Waals surface area contributed by atoms with Crippen molar-refractivity contribution in [1.29, 1.82) is 5.26 Å². The van der Waals surface area contributed by atoms with Gasteiger partial charge >= 0.3 is 0 Å². The van der Waals surface area contributed by atoms with Crippen LogP contribution in [0.2, 0.25) is 0 Å². The van der Waals surface area contributed by atoms with Crippen molar-refractivity contribution < 1.29 is 0 Å². The highest BCUT2D eigenvalue weighted by Crippen LogP contribution is 2.52. The first-order chi connectivity index (χ1) is 28.3. The summed E-state index contributed by atoms with van der Waals surface area (Å²) < 4.78 is 2.47. The zero-order chi connectivity index (χ0) is 38.1. The van der Waals surface area contributed by atoms with Gasteiger partial charge in [-0.3, -0.25) is 0 Å². The third-order valence-corrected chi connectivity index (χ3v) is 11.0. The number of rotatable bonds is 7. The second kappa shape index (κ2) is 14.5. The summed E-state index contributed by atoms with van der Waals surface area (Å²) in [7, 11) is 0. The standard InChI is InChI=1S/C55H36N2/c56-37-48-51(40-23-11-3-12-24-40)53(42-27-15-5-16-28-42)55(54(43-29-17-6-18-30-43)52(48)41-25-13-4-14-26-41)57-49-33-31-44(38-19-7-1-8-20-38)35-46(49)47-36-45(32-34-50(47)57)39-21-9-2-10-22-39/h1-36H. The highest BCUT2D eigenvalue weighted by Gasteiger charge is 2.30. The minimum atomic E-state index is 0.646. The lowest BCUT2D eigenvalue weighted by Gasteiger charge is -2.27. The summed E-state index contributed by atoms with van der Waals surface area (Å²) in [6.45, 7) is 0. The second-order valence-corrected chi connectivity index (χ2v) is 14.3. The Morgan fingerprint density at radius 3 is 0.912 bits per heavy atom. The maximum absolute atomic E-state index is 11.5. The van der Waals surface area contributed by atoms with E-state index in [0.717, 1.165) is 83.1 Å². The fraction of sp³-hybridized carbons (Fsp3) is 0. The minimum absolute atomic E-state index is 0.646. The van der Waals surface area contributed by atoms with Gasteiger partial charge in [0, 0.05) is 33.0 Å². The van der Waals surface area contributed by atoms with Gasteiger partial charge in [0.1, 0.15) is 6.07 Å². The quantitative estimate of drug-likeness (QED) is 0.161. The number of nitriles is 1. The molecule has 2 heteroatoms. The van der Waals surface area contributed by atoms with E-state index in [1.165, 1.54) is 11.1 Å². The van der Waals surface area contributed by atoms with Crippen LogP contribution in [0.15, 0.2) is 218 Å². The van der Waals surface area contributed by atoms with Gasteiger partial charge in [-0.1, -0.05) is 194 Å². The Bertz CT molecular complexity index is 2870. The van der Waals surface area contributed by atoms with E-state index >= 15 is 0 Å². The molecule has 0 radical (unpaired) electrons. The Hall–Kier alpha value is -7.73. The molecule has 0 aliphatic carbocycles. The van der Waals surface area contributed by atoms with Crippen LogP contribution >= 0.6 is 0 Å². The Morgan fingerprint density at radius 1 is 0.298 bits per heavy atom. The Labute approximate surface area is 332 Å². The third kappa shape index (κ3) is 5.91. The van der Waals surface area contributed by atoms with E-state index in [0.29, 0.717) is 5.56 Å². The maximum atomic E-state index is 11.5. The van der Waals surface area contributed by atoms with Gasteiger partial charge in [0.05, 0.1) is 22.3 Å². The predicted molar refractivity (Wildman–Crippen MR) is 238 cm³/mol. The molecular weight excluding hydrogens is 689 g/mol. The minimum Gasteiger partial charge on any atom is -0.308 e. The van der Waals surface area contributed by atoms with Gasteiger partial charge in [-0.25, -0.2) is 0 Å². The summed E-state index contributed by atoms with van der Waals surface area (Å²) in [6.07, 6.45) is 0. The van der Waals surface area contributed by atoms with Crippen molar-refractivity contribution in [2.24, 2.45) is 0 Å². The average Bonchev–Trinajstić information content (AvgIpc) is 3.62. The van der Waals surface area contributed by atoms with E-state index in [-0.39, 0.29) is 0 Å². The molecule has 0 unspecified atom stereocenters. The first kappa shape index (κ1) is 33.8. The first-order valence-electron chi connectivity index (χ1n) is 19.3. The molecule has 0 aliphatic heterocycles. The molecule has 0 saturated heterocycles. The molecule has 0 N–H and O–H groups in total. The lowest BCUT2D eigenvalue weighted by Crippen LogP contribution is -2.07. The second-order valence-electron chi connectivity index (χ2n) is 14.3. The molecule has 10 rings (SSSR count). The van der Waals surface area contributed by atoms with E-state index < -0.39 is 0 Å². The molecule has 0 spiro atoms. The topological polar surface area (TPSA) is 28.7 Å². The summed E-state index contributed by atoms with van der Waals surface area (Å²) in [5, 5.41) is 13.8. The highest BCUT2D eigenvalue weighted by molar-refractivity contribution is 6.15. The van der Waals surface area contributed by atoms with Crippen LogP contribution in [-0.2, 0) is 0 Å². The van der Waals surface area contributed by atoms with Gasteiger partial charge in [0.2, 0.25) is 0 Å². The Balaban J connectivity index is 1.46.